The molecule has 9 heteroatoms. The van der Waals surface area contributed by atoms with Gasteiger partial charge in [0.25, 0.3) is 8.32 Å². The van der Waals surface area contributed by atoms with Crippen LogP contribution in [0.2, 0.25) is 16.6 Å². The van der Waals surface area contributed by atoms with Gasteiger partial charge in [-0.2, -0.15) is 21.6 Å². The SMILES string of the molecule is CC(C)[Si](Oc1ccc2c(c1)CCC=C2OS(=O)(=O)C(F)(F)F)(C(C)C)C(C)C. The molecule has 0 aromatic heterocycles. The lowest BCUT2D eigenvalue weighted by atomic mass is 9.96. The monoisotopic (exact) mass is 450 g/mol. The van der Waals surface area contributed by atoms with Crippen LogP contribution in [0.1, 0.15) is 59.1 Å². The van der Waals surface area contributed by atoms with Crippen LogP contribution in [0.4, 0.5) is 13.2 Å². The summed E-state index contributed by atoms with van der Waals surface area (Å²) >= 11 is 0. The first-order chi connectivity index (χ1) is 13.2. The molecule has 1 aliphatic carbocycles. The Balaban J connectivity index is 2.38. The van der Waals surface area contributed by atoms with Crippen molar-refractivity contribution in [3.05, 3.63) is 35.4 Å². The van der Waals surface area contributed by atoms with E-state index in [0.717, 1.165) is 5.56 Å². The standard InChI is InChI=1S/C20H29F3O4SSi/c1-13(2)29(14(3)4,15(5)6)27-17-10-11-18-16(12-17)8-7-9-19(18)26-28(24,25)20(21,22)23/h9-15H,7-8H2,1-6H3. The molecule has 2 rings (SSSR count). The van der Waals surface area contributed by atoms with Gasteiger partial charge in [-0.3, -0.25) is 0 Å². The van der Waals surface area contributed by atoms with Gasteiger partial charge in [-0.05, 0) is 59.3 Å². The van der Waals surface area contributed by atoms with Crippen LogP contribution in [0.3, 0.4) is 0 Å². The quantitative estimate of drug-likeness (QED) is 0.274. The largest absolute Gasteiger partial charge is 0.543 e. The average Bonchev–Trinajstić information content (AvgIpc) is 2.57. The van der Waals surface area contributed by atoms with Crippen molar-refractivity contribution in [1.82, 2.24) is 0 Å². The fraction of sp³-hybridized carbons (Fsp3) is 0.600. The van der Waals surface area contributed by atoms with Crippen LogP contribution in [0.15, 0.2) is 24.3 Å². The second-order valence-electron chi connectivity index (χ2n) is 8.33. The van der Waals surface area contributed by atoms with E-state index in [9.17, 15) is 21.6 Å². The van der Waals surface area contributed by atoms with Gasteiger partial charge in [-0.1, -0.05) is 41.5 Å². The zero-order valence-electron chi connectivity index (χ0n) is 17.6. The van der Waals surface area contributed by atoms with E-state index in [-0.39, 0.29) is 5.76 Å². The number of hydrogen-bond donors (Lipinski definition) is 0. The van der Waals surface area contributed by atoms with Crippen LogP contribution < -0.4 is 4.43 Å². The van der Waals surface area contributed by atoms with E-state index in [1.54, 1.807) is 18.2 Å². The minimum atomic E-state index is -5.71. The Labute approximate surface area is 172 Å². The lowest BCUT2D eigenvalue weighted by Gasteiger charge is -2.42. The molecule has 0 N–H and O–H groups in total. The Morgan fingerprint density at radius 3 is 2.03 bits per heavy atom. The molecule has 29 heavy (non-hydrogen) atoms. The number of fused-ring (bicyclic) bond motifs is 1. The number of hydrogen-bond acceptors (Lipinski definition) is 4. The van der Waals surface area contributed by atoms with Crippen LogP contribution in [0.25, 0.3) is 5.76 Å². The third-order valence-corrected chi connectivity index (χ3v) is 12.5. The van der Waals surface area contributed by atoms with Crippen LogP contribution in [-0.4, -0.2) is 22.2 Å². The maximum Gasteiger partial charge on any atom is 0.534 e. The summed E-state index contributed by atoms with van der Waals surface area (Å²) in [5, 5.41) is 0. The zero-order chi connectivity index (χ0) is 22.2. The topological polar surface area (TPSA) is 52.6 Å². The molecule has 0 spiro atoms. The fourth-order valence-corrected chi connectivity index (χ4v) is 10.1. The second kappa shape index (κ2) is 8.33. The minimum absolute atomic E-state index is 0.282. The summed E-state index contributed by atoms with van der Waals surface area (Å²) in [5.74, 6) is 0.390. The Bertz CT molecular complexity index is 852. The molecule has 0 saturated carbocycles. The molecule has 0 fully saturated rings. The lowest BCUT2D eigenvalue weighted by molar-refractivity contribution is -0.0509. The number of alkyl halides is 3. The van der Waals surface area contributed by atoms with Crippen LogP contribution in [0.5, 0.6) is 5.75 Å². The Morgan fingerprint density at radius 1 is 1.00 bits per heavy atom. The third-order valence-electron chi connectivity index (χ3n) is 5.57. The van der Waals surface area contributed by atoms with E-state index >= 15 is 0 Å². The van der Waals surface area contributed by atoms with Gasteiger partial charge in [0.2, 0.25) is 0 Å². The van der Waals surface area contributed by atoms with Crippen molar-refractivity contribution in [3.8, 4) is 5.75 Å². The smallest absolute Gasteiger partial charge is 0.534 e. The Hall–Kier alpha value is -1.48. The van der Waals surface area contributed by atoms with Crippen molar-refractivity contribution in [2.75, 3.05) is 0 Å². The molecule has 4 nitrogen and oxygen atoms in total. The highest BCUT2D eigenvalue weighted by molar-refractivity contribution is 7.87. The molecule has 1 aromatic rings. The van der Waals surface area contributed by atoms with Crippen molar-refractivity contribution in [2.24, 2.45) is 0 Å². The number of allylic oxidation sites excluding steroid dienone is 1. The first-order valence-corrected chi connectivity index (χ1v) is 13.3. The van der Waals surface area contributed by atoms with Crippen molar-refractivity contribution in [2.45, 2.75) is 76.5 Å². The van der Waals surface area contributed by atoms with Crippen molar-refractivity contribution in [3.63, 3.8) is 0 Å². The molecule has 0 amide bonds. The summed E-state index contributed by atoms with van der Waals surface area (Å²) in [5.41, 5.74) is -3.29. The molecule has 0 unspecified atom stereocenters. The van der Waals surface area contributed by atoms with E-state index in [1.807, 2.05) is 0 Å². The number of benzene rings is 1. The van der Waals surface area contributed by atoms with Gasteiger partial charge in [-0.15, -0.1) is 0 Å². The normalized spacial score (nSPS) is 15.5. The van der Waals surface area contributed by atoms with Crippen LogP contribution in [-0.2, 0) is 20.7 Å². The first kappa shape index (κ1) is 23.8. The van der Waals surface area contributed by atoms with Crippen molar-refractivity contribution in [1.29, 1.82) is 0 Å². The molecular formula is C20H29F3O4SSi. The molecule has 0 bridgehead atoms. The molecule has 0 radical (unpaired) electrons. The molecule has 0 heterocycles. The van der Waals surface area contributed by atoms with Crippen LogP contribution >= 0.6 is 0 Å². The highest BCUT2D eigenvalue weighted by atomic mass is 32.2. The van der Waals surface area contributed by atoms with E-state index in [1.165, 1.54) is 6.08 Å². The molecule has 0 atom stereocenters. The zero-order valence-corrected chi connectivity index (χ0v) is 19.4. The van der Waals surface area contributed by atoms with Crippen molar-refractivity contribution >= 4 is 24.2 Å². The van der Waals surface area contributed by atoms with Gasteiger partial charge in [-0.25, -0.2) is 0 Å². The summed E-state index contributed by atoms with van der Waals surface area (Å²) in [4.78, 5) is 0. The summed E-state index contributed by atoms with van der Waals surface area (Å²) < 4.78 is 71.9. The Kier molecular flexibility index (Phi) is 6.84. The Morgan fingerprint density at radius 2 is 1.55 bits per heavy atom. The minimum Gasteiger partial charge on any atom is -0.543 e. The number of rotatable bonds is 7. The van der Waals surface area contributed by atoms with Gasteiger partial charge in [0.15, 0.2) is 0 Å². The maximum atomic E-state index is 12.7. The van der Waals surface area contributed by atoms with E-state index in [4.69, 9.17) is 4.43 Å². The highest BCUT2D eigenvalue weighted by Crippen LogP contribution is 2.43. The van der Waals surface area contributed by atoms with Gasteiger partial charge in [0, 0.05) is 5.56 Å². The first-order valence-electron chi connectivity index (χ1n) is 9.75. The van der Waals surface area contributed by atoms with E-state index in [2.05, 4.69) is 45.7 Å². The van der Waals surface area contributed by atoms with Gasteiger partial charge < -0.3 is 8.61 Å². The third kappa shape index (κ3) is 4.65. The molecule has 0 aliphatic heterocycles. The summed E-state index contributed by atoms with van der Waals surface area (Å²) in [6.07, 6.45) is 2.34. The van der Waals surface area contributed by atoms with Gasteiger partial charge in [0.05, 0.1) is 0 Å². The summed E-state index contributed by atoms with van der Waals surface area (Å²) in [7, 11) is -7.89. The van der Waals surface area contributed by atoms with Gasteiger partial charge >= 0.3 is 15.6 Å². The highest BCUT2D eigenvalue weighted by Gasteiger charge is 2.49. The fourth-order valence-electron chi connectivity index (χ4n) is 4.35. The molecular weight excluding hydrogens is 421 g/mol. The average molecular weight is 451 g/mol. The van der Waals surface area contributed by atoms with Crippen molar-refractivity contribution < 1.29 is 30.2 Å². The predicted molar refractivity (Wildman–Crippen MR) is 110 cm³/mol. The maximum absolute atomic E-state index is 12.7. The predicted octanol–water partition coefficient (Wildman–Crippen LogP) is 6.39. The number of aryl methyl sites for hydroxylation is 1. The summed E-state index contributed by atoms with van der Waals surface area (Å²) in [6, 6.07) is 5.08. The van der Waals surface area contributed by atoms with E-state index in [0.29, 0.717) is 40.8 Å². The molecule has 164 valence electrons. The molecule has 1 aliphatic rings. The molecule has 1 aromatic carbocycles. The van der Waals surface area contributed by atoms with Crippen LogP contribution in [0, 0.1) is 0 Å². The molecule has 0 saturated heterocycles. The lowest BCUT2D eigenvalue weighted by Crippen LogP contribution is -2.50. The summed E-state index contributed by atoms with van der Waals surface area (Å²) in [6.45, 7) is 13.0. The second-order valence-corrected chi connectivity index (χ2v) is 15.2. The van der Waals surface area contributed by atoms with E-state index < -0.39 is 23.9 Å². The van der Waals surface area contributed by atoms with Gasteiger partial charge in [0.1, 0.15) is 11.5 Å². The number of halogens is 3.